The molecule has 160 valence electrons. The van der Waals surface area contributed by atoms with Crippen LogP contribution in [0.1, 0.15) is 10.7 Å². The first-order chi connectivity index (χ1) is 15.0. The van der Waals surface area contributed by atoms with Gasteiger partial charge < -0.3 is 23.0 Å². The van der Waals surface area contributed by atoms with Crippen LogP contribution in [0.5, 0.6) is 17.2 Å². The molecule has 0 amide bonds. The van der Waals surface area contributed by atoms with Crippen molar-refractivity contribution in [3.05, 3.63) is 41.2 Å². The van der Waals surface area contributed by atoms with Gasteiger partial charge in [-0.2, -0.15) is 0 Å². The van der Waals surface area contributed by atoms with Crippen LogP contribution >= 0.6 is 23.4 Å². The molecule has 0 spiro atoms. The first-order valence-corrected chi connectivity index (χ1v) is 10.2. The molecule has 0 aliphatic rings. The van der Waals surface area contributed by atoms with Crippen LogP contribution < -0.4 is 14.2 Å². The molecule has 0 saturated heterocycles. The van der Waals surface area contributed by atoms with E-state index in [2.05, 4.69) is 15.2 Å². The lowest BCUT2D eigenvalue weighted by molar-refractivity contribution is 0.0986. The minimum atomic E-state index is -0.364. The van der Waals surface area contributed by atoms with Crippen molar-refractivity contribution in [2.24, 2.45) is 0 Å². The van der Waals surface area contributed by atoms with Crippen molar-refractivity contribution in [1.82, 2.24) is 15.2 Å². The van der Waals surface area contributed by atoms with E-state index in [0.29, 0.717) is 44.2 Å². The third kappa shape index (κ3) is 4.30. The van der Waals surface area contributed by atoms with Crippen LogP contribution in [-0.4, -0.2) is 48.0 Å². The molecule has 0 radical (unpaired) electrons. The number of nitrogens with zero attached hydrogens (tertiary/aromatic N) is 3. The molecule has 31 heavy (non-hydrogen) atoms. The molecular weight excluding hydrogens is 446 g/mol. The zero-order chi connectivity index (χ0) is 22.0. The Bertz CT molecular complexity index is 1230. The van der Waals surface area contributed by atoms with E-state index in [-0.39, 0.29) is 23.3 Å². The number of ketones is 1. The number of fused-ring (bicyclic) bond motifs is 1. The fourth-order valence-corrected chi connectivity index (χ4v) is 3.64. The van der Waals surface area contributed by atoms with E-state index >= 15 is 0 Å². The van der Waals surface area contributed by atoms with E-state index < -0.39 is 0 Å². The predicted octanol–water partition coefficient (Wildman–Crippen LogP) is 4.53. The number of benzene rings is 2. The highest BCUT2D eigenvalue weighted by Gasteiger charge is 2.21. The van der Waals surface area contributed by atoms with Gasteiger partial charge in [0.25, 0.3) is 11.1 Å². The van der Waals surface area contributed by atoms with Crippen molar-refractivity contribution in [3.8, 4) is 28.7 Å². The summed E-state index contributed by atoms with van der Waals surface area (Å²) in [7, 11) is 4.51. The lowest BCUT2D eigenvalue weighted by Gasteiger charge is -2.12. The Morgan fingerprint density at radius 1 is 1.03 bits per heavy atom. The molecule has 0 atom stereocenters. The van der Waals surface area contributed by atoms with Crippen LogP contribution in [-0.2, 0) is 0 Å². The topological polar surface area (TPSA) is 110 Å². The molecule has 9 nitrogen and oxygen atoms in total. The molecule has 0 saturated carbocycles. The summed E-state index contributed by atoms with van der Waals surface area (Å²) in [6, 6.07) is 8.42. The average Bonchev–Trinajstić information content (AvgIpc) is 3.43. The highest BCUT2D eigenvalue weighted by Crippen LogP contribution is 2.40. The van der Waals surface area contributed by atoms with Crippen LogP contribution in [0.2, 0.25) is 5.02 Å². The van der Waals surface area contributed by atoms with Crippen molar-refractivity contribution in [2.75, 3.05) is 27.1 Å². The second kappa shape index (κ2) is 8.86. The summed E-state index contributed by atoms with van der Waals surface area (Å²) in [6.45, 7) is 0. The number of carbonyl (C=O) groups excluding carboxylic acids is 1. The summed E-state index contributed by atoms with van der Waals surface area (Å²) in [5.41, 5.74) is 1.72. The molecule has 0 aliphatic carbocycles. The average molecular weight is 462 g/mol. The van der Waals surface area contributed by atoms with Crippen molar-refractivity contribution < 1.29 is 27.8 Å². The quantitative estimate of drug-likeness (QED) is 0.274. The number of thioether (sulfide) groups is 1. The van der Waals surface area contributed by atoms with Crippen molar-refractivity contribution in [1.29, 1.82) is 0 Å². The van der Waals surface area contributed by atoms with Gasteiger partial charge in [-0.1, -0.05) is 23.4 Å². The highest BCUT2D eigenvalue weighted by molar-refractivity contribution is 7.99. The maximum atomic E-state index is 12.5. The van der Waals surface area contributed by atoms with E-state index in [9.17, 15) is 4.79 Å². The predicted molar refractivity (Wildman–Crippen MR) is 113 cm³/mol. The summed E-state index contributed by atoms with van der Waals surface area (Å²) >= 11 is 7.07. The third-order valence-electron chi connectivity index (χ3n) is 4.23. The summed E-state index contributed by atoms with van der Waals surface area (Å²) in [6.07, 6.45) is 0. The largest absolute Gasteiger partial charge is 0.493 e. The Morgan fingerprint density at radius 3 is 2.45 bits per heavy atom. The molecular formula is C20H16ClN3O6S. The molecule has 0 aliphatic heterocycles. The van der Waals surface area contributed by atoms with Crippen LogP contribution in [0.3, 0.4) is 0 Å². The molecule has 2 aromatic carbocycles. The number of Topliss-reactive ketones (excluding diaryl/α,β-unsaturated/α-hetero) is 1. The number of carbonyl (C=O) groups is 1. The van der Waals surface area contributed by atoms with E-state index in [1.54, 1.807) is 30.3 Å². The van der Waals surface area contributed by atoms with Crippen LogP contribution in [0.25, 0.3) is 22.6 Å². The maximum absolute atomic E-state index is 12.5. The van der Waals surface area contributed by atoms with Crippen LogP contribution in [0.4, 0.5) is 0 Å². The normalized spacial score (nSPS) is 11.0. The van der Waals surface area contributed by atoms with Gasteiger partial charge in [0, 0.05) is 10.6 Å². The maximum Gasteiger partial charge on any atom is 0.285 e. The second-order valence-electron chi connectivity index (χ2n) is 6.13. The molecule has 0 fully saturated rings. The number of rotatable bonds is 8. The molecule has 0 bridgehead atoms. The fraction of sp³-hybridized carbons (Fsp3) is 0.200. The molecule has 2 heterocycles. The molecule has 0 unspecified atom stereocenters. The van der Waals surface area contributed by atoms with Gasteiger partial charge in [-0.15, -0.1) is 10.2 Å². The standard InChI is InChI=1S/C20H16ClN3O6S/c1-26-15-6-10(7-16(27-2)17(15)28-3)18-23-24-19(30-18)13(25)9-31-20-22-12-8-11(21)4-5-14(12)29-20/h4-8H,9H2,1-3H3. The Labute approximate surface area is 185 Å². The number of hydrogen-bond acceptors (Lipinski definition) is 10. The molecule has 4 aromatic rings. The SMILES string of the molecule is COc1cc(-c2nnc(C(=O)CSc3nc4cc(Cl)ccc4o3)o2)cc(OC)c1OC. The van der Waals surface area contributed by atoms with Gasteiger partial charge in [-0.3, -0.25) is 4.79 Å². The van der Waals surface area contributed by atoms with E-state index in [4.69, 9.17) is 34.6 Å². The third-order valence-corrected chi connectivity index (χ3v) is 5.30. The number of methoxy groups -OCH3 is 3. The number of oxazole rings is 1. The van der Waals surface area contributed by atoms with Crippen LogP contribution in [0.15, 0.2) is 44.4 Å². The molecule has 2 aromatic heterocycles. The minimum absolute atomic E-state index is 0.0114. The lowest BCUT2D eigenvalue weighted by Crippen LogP contribution is -2.02. The van der Waals surface area contributed by atoms with Gasteiger partial charge in [0.05, 0.1) is 27.1 Å². The number of ether oxygens (including phenoxy) is 3. The first-order valence-electron chi connectivity index (χ1n) is 8.88. The molecule has 0 N–H and O–H groups in total. The van der Waals surface area contributed by atoms with E-state index in [0.717, 1.165) is 11.8 Å². The van der Waals surface area contributed by atoms with Crippen molar-refractivity contribution >= 4 is 40.2 Å². The van der Waals surface area contributed by atoms with Gasteiger partial charge in [0.1, 0.15) is 5.52 Å². The Balaban J connectivity index is 1.50. The Hall–Kier alpha value is -3.24. The lowest BCUT2D eigenvalue weighted by atomic mass is 10.2. The first kappa shape index (κ1) is 21.0. The number of aromatic nitrogens is 3. The van der Waals surface area contributed by atoms with Gasteiger partial charge in [-0.05, 0) is 30.3 Å². The van der Waals surface area contributed by atoms with Crippen molar-refractivity contribution in [3.63, 3.8) is 0 Å². The van der Waals surface area contributed by atoms with Crippen molar-refractivity contribution in [2.45, 2.75) is 5.22 Å². The monoisotopic (exact) mass is 461 g/mol. The minimum Gasteiger partial charge on any atom is -0.493 e. The number of hydrogen-bond donors (Lipinski definition) is 0. The fourth-order valence-electron chi connectivity index (χ4n) is 2.79. The van der Waals surface area contributed by atoms with Gasteiger partial charge in [0.2, 0.25) is 17.4 Å². The van der Waals surface area contributed by atoms with E-state index in [1.807, 2.05) is 0 Å². The highest BCUT2D eigenvalue weighted by atomic mass is 35.5. The Kier molecular flexibility index (Phi) is 6.01. The summed E-state index contributed by atoms with van der Waals surface area (Å²) < 4.78 is 27.1. The molecule has 11 heteroatoms. The smallest absolute Gasteiger partial charge is 0.285 e. The number of halogens is 1. The summed E-state index contributed by atoms with van der Waals surface area (Å²) in [5, 5.41) is 8.71. The van der Waals surface area contributed by atoms with Gasteiger partial charge in [-0.25, -0.2) is 4.98 Å². The summed E-state index contributed by atoms with van der Waals surface area (Å²) in [5.74, 6) is 0.943. The van der Waals surface area contributed by atoms with E-state index in [1.165, 1.54) is 21.3 Å². The van der Waals surface area contributed by atoms with Crippen LogP contribution in [0, 0.1) is 0 Å². The zero-order valence-electron chi connectivity index (χ0n) is 16.7. The summed E-state index contributed by atoms with van der Waals surface area (Å²) in [4.78, 5) is 16.8. The Morgan fingerprint density at radius 2 is 1.77 bits per heavy atom. The molecule has 4 rings (SSSR count). The van der Waals surface area contributed by atoms with Gasteiger partial charge in [0.15, 0.2) is 17.1 Å². The van der Waals surface area contributed by atoms with Gasteiger partial charge >= 0.3 is 0 Å². The second-order valence-corrected chi connectivity index (χ2v) is 7.49. The zero-order valence-corrected chi connectivity index (χ0v) is 18.2.